The van der Waals surface area contributed by atoms with Crippen LogP contribution in [0.5, 0.6) is 0 Å². The van der Waals surface area contributed by atoms with Crippen molar-refractivity contribution in [2.75, 3.05) is 5.32 Å². The summed E-state index contributed by atoms with van der Waals surface area (Å²) in [6, 6.07) is 14.3. The van der Waals surface area contributed by atoms with Crippen LogP contribution in [0.25, 0.3) is 21.8 Å². The predicted octanol–water partition coefficient (Wildman–Crippen LogP) is 5.31. The van der Waals surface area contributed by atoms with Gasteiger partial charge in [0.15, 0.2) is 0 Å². The van der Waals surface area contributed by atoms with E-state index in [0.29, 0.717) is 12.1 Å². The van der Waals surface area contributed by atoms with Gasteiger partial charge in [-0.05, 0) is 42.8 Å². The molecule has 28 heavy (non-hydrogen) atoms. The van der Waals surface area contributed by atoms with Gasteiger partial charge < -0.3 is 10.3 Å². The van der Waals surface area contributed by atoms with Crippen molar-refractivity contribution in [3.05, 3.63) is 72.1 Å². The van der Waals surface area contributed by atoms with Gasteiger partial charge in [-0.15, -0.1) is 0 Å². The Kier molecular flexibility index (Phi) is 4.50. The summed E-state index contributed by atoms with van der Waals surface area (Å²) in [4.78, 5) is 19.8. The summed E-state index contributed by atoms with van der Waals surface area (Å²) >= 11 is 0. The summed E-state index contributed by atoms with van der Waals surface area (Å²) in [5.41, 5.74) is 2.32. The SMILES string of the molecule is O=C(CCc1cc2c(cn1)[nH]c1ccccc12)Nc1ccc(C(F)(F)F)cc1. The molecule has 2 aromatic heterocycles. The first-order valence-corrected chi connectivity index (χ1v) is 8.72. The number of nitrogens with zero attached hydrogens (tertiary/aromatic N) is 1. The number of amides is 1. The minimum absolute atomic E-state index is 0.182. The van der Waals surface area contributed by atoms with Gasteiger partial charge in [-0.2, -0.15) is 13.2 Å². The lowest BCUT2D eigenvalue weighted by Gasteiger charge is -2.09. The van der Waals surface area contributed by atoms with Crippen LogP contribution in [0.4, 0.5) is 18.9 Å². The van der Waals surface area contributed by atoms with Crippen molar-refractivity contribution in [3.63, 3.8) is 0 Å². The van der Waals surface area contributed by atoms with E-state index in [2.05, 4.69) is 15.3 Å². The number of aromatic amines is 1. The minimum Gasteiger partial charge on any atom is -0.353 e. The molecule has 0 aliphatic carbocycles. The molecule has 0 radical (unpaired) electrons. The van der Waals surface area contributed by atoms with Crippen molar-refractivity contribution in [1.82, 2.24) is 9.97 Å². The van der Waals surface area contributed by atoms with Crippen LogP contribution in [0.15, 0.2) is 60.8 Å². The number of halogens is 3. The van der Waals surface area contributed by atoms with E-state index in [-0.39, 0.29) is 12.3 Å². The first-order valence-electron chi connectivity index (χ1n) is 8.72. The van der Waals surface area contributed by atoms with Gasteiger partial charge in [-0.3, -0.25) is 9.78 Å². The molecule has 4 aromatic rings. The number of para-hydroxylation sites is 1. The molecule has 0 saturated carbocycles. The number of alkyl halides is 3. The molecule has 0 aliphatic heterocycles. The van der Waals surface area contributed by atoms with Gasteiger partial charge >= 0.3 is 6.18 Å². The number of H-pyrrole nitrogens is 1. The summed E-state index contributed by atoms with van der Waals surface area (Å²) in [6.45, 7) is 0. The van der Waals surface area contributed by atoms with Crippen LogP contribution >= 0.6 is 0 Å². The van der Waals surface area contributed by atoms with Gasteiger partial charge in [-0.25, -0.2) is 0 Å². The highest BCUT2D eigenvalue weighted by atomic mass is 19.4. The molecule has 1 amide bonds. The van der Waals surface area contributed by atoms with E-state index >= 15 is 0 Å². The highest BCUT2D eigenvalue weighted by Crippen LogP contribution is 2.30. The third kappa shape index (κ3) is 3.69. The average molecular weight is 383 g/mol. The zero-order valence-electron chi connectivity index (χ0n) is 14.7. The molecule has 7 heteroatoms. The molecule has 4 nitrogen and oxygen atoms in total. The largest absolute Gasteiger partial charge is 0.416 e. The van der Waals surface area contributed by atoms with Gasteiger partial charge in [0, 0.05) is 34.1 Å². The van der Waals surface area contributed by atoms with Crippen molar-refractivity contribution < 1.29 is 18.0 Å². The van der Waals surface area contributed by atoms with Crippen molar-refractivity contribution >= 4 is 33.4 Å². The average Bonchev–Trinajstić information content (AvgIpc) is 3.04. The second-order valence-electron chi connectivity index (χ2n) is 6.52. The zero-order valence-corrected chi connectivity index (χ0v) is 14.7. The molecule has 0 spiro atoms. The Balaban J connectivity index is 1.42. The Hall–Kier alpha value is -3.35. The Morgan fingerprint density at radius 2 is 1.75 bits per heavy atom. The monoisotopic (exact) mass is 383 g/mol. The maximum absolute atomic E-state index is 12.6. The zero-order chi connectivity index (χ0) is 19.7. The molecule has 0 saturated heterocycles. The predicted molar refractivity (Wildman–Crippen MR) is 102 cm³/mol. The van der Waals surface area contributed by atoms with Crippen molar-refractivity contribution in [3.8, 4) is 0 Å². The number of fused-ring (bicyclic) bond motifs is 3. The van der Waals surface area contributed by atoms with Crippen molar-refractivity contribution in [2.24, 2.45) is 0 Å². The standard InChI is InChI=1S/C21H16F3N3O/c22-21(23,24)13-5-7-14(8-6-13)26-20(28)10-9-15-11-17-16-3-1-2-4-18(16)27-19(17)12-25-15/h1-8,11-12,27H,9-10H2,(H,26,28). The van der Waals surface area contributed by atoms with Crippen LogP contribution in [-0.2, 0) is 17.4 Å². The first kappa shape index (κ1) is 18.0. The lowest BCUT2D eigenvalue weighted by atomic mass is 10.1. The molecule has 142 valence electrons. The summed E-state index contributed by atoms with van der Waals surface area (Å²) in [6.07, 6.45) is -2.03. The van der Waals surface area contributed by atoms with Crippen LogP contribution in [0.2, 0.25) is 0 Å². The summed E-state index contributed by atoms with van der Waals surface area (Å²) < 4.78 is 37.7. The lowest BCUT2D eigenvalue weighted by Crippen LogP contribution is -2.13. The molecule has 2 heterocycles. The van der Waals surface area contributed by atoms with E-state index in [1.807, 2.05) is 30.3 Å². The number of hydrogen-bond donors (Lipinski definition) is 2. The molecule has 4 rings (SSSR count). The van der Waals surface area contributed by atoms with E-state index in [0.717, 1.165) is 39.6 Å². The van der Waals surface area contributed by atoms with Gasteiger partial charge in [0.2, 0.25) is 5.91 Å². The van der Waals surface area contributed by atoms with Crippen LogP contribution in [0.3, 0.4) is 0 Å². The van der Waals surface area contributed by atoms with E-state index in [1.165, 1.54) is 12.1 Å². The minimum atomic E-state index is -4.39. The first-order chi connectivity index (χ1) is 13.4. The normalized spacial score (nSPS) is 11.8. The molecule has 0 unspecified atom stereocenters. The molecule has 0 bridgehead atoms. The van der Waals surface area contributed by atoms with Gasteiger partial charge in [0.05, 0.1) is 17.3 Å². The van der Waals surface area contributed by atoms with E-state index < -0.39 is 11.7 Å². The summed E-state index contributed by atoms with van der Waals surface area (Å²) in [7, 11) is 0. The third-order valence-electron chi connectivity index (χ3n) is 4.55. The summed E-state index contributed by atoms with van der Waals surface area (Å²) in [5.74, 6) is -0.277. The van der Waals surface area contributed by atoms with Gasteiger partial charge in [0.1, 0.15) is 0 Å². The van der Waals surface area contributed by atoms with Gasteiger partial charge in [-0.1, -0.05) is 18.2 Å². The van der Waals surface area contributed by atoms with Crippen LogP contribution in [-0.4, -0.2) is 15.9 Å². The van der Waals surface area contributed by atoms with Crippen molar-refractivity contribution in [1.29, 1.82) is 0 Å². The number of anilines is 1. The third-order valence-corrected chi connectivity index (χ3v) is 4.55. The molecular formula is C21H16F3N3O. The topological polar surface area (TPSA) is 57.8 Å². The number of hydrogen-bond acceptors (Lipinski definition) is 2. The second kappa shape index (κ2) is 6.99. The molecule has 0 fully saturated rings. The smallest absolute Gasteiger partial charge is 0.353 e. The molecular weight excluding hydrogens is 367 g/mol. The number of benzene rings is 2. The lowest BCUT2D eigenvalue weighted by molar-refractivity contribution is -0.137. The molecule has 2 aromatic carbocycles. The van der Waals surface area contributed by atoms with E-state index in [4.69, 9.17) is 0 Å². The Morgan fingerprint density at radius 3 is 2.50 bits per heavy atom. The maximum atomic E-state index is 12.6. The van der Waals surface area contributed by atoms with Crippen LogP contribution in [0, 0.1) is 0 Å². The number of rotatable bonds is 4. The molecule has 0 aliphatic rings. The number of pyridine rings is 1. The molecule has 2 N–H and O–H groups in total. The number of aryl methyl sites for hydroxylation is 1. The molecule has 0 atom stereocenters. The van der Waals surface area contributed by atoms with E-state index in [1.54, 1.807) is 6.20 Å². The summed E-state index contributed by atoms with van der Waals surface area (Å²) in [5, 5.41) is 4.75. The fourth-order valence-electron chi connectivity index (χ4n) is 3.14. The number of carbonyl (C=O) groups is 1. The number of carbonyl (C=O) groups excluding carboxylic acids is 1. The Labute approximate surface area is 158 Å². The number of aromatic nitrogens is 2. The number of nitrogens with one attached hydrogen (secondary N) is 2. The fourth-order valence-corrected chi connectivity index (χ4v) is 3.14. The quantitative estimate of drug-likeness (QED) is 0.502. The maximum Gasteiger partial charge on any atom is 0.416 e. The fraction of sp³-hybridized carbons (Fsp3) is 0.143. The Morgan fingerprint density at radius 1 is 1.00 bits per heavy atom. The highest BCUT2D eigenvalue weighted by Gasteiger charge is 2.29. The van der Waals surface area contributed by atoms with Crippen LogP contribution < -0.4 is 5.32 Å². The highest BCUT2D eigenvalue weighted by molar-refractivity contribution is 6.07. The van der Waals surface area contributed by atoms with E-state index in [9.17, 15) is 18.0 Å². The van der Waals surface area contributed by atoms with Gasteiger partial charge in [0.25, 0.3) is 0 Å². The van der Waals surface area contributed by atoms with Crippen molar-refractivity contribution in [2.45, 2.75) is 19.0 Å². The second-order valence-corrected chi connectivity index (χ2v) is 6.52. The Bertz CT molecular complexity index is 1150. The van der Waals surface area contributed by atoms with Crippen LogP contribution in [0.1, 0.15) is 17.7 Å².